The summed E-state index contributed by atoms with van der Waals surface area (Å²) >= 11 is 6.36. The molecule has 1 atom stereocenters. The smallest absolute Gasteiger partial charge is 0.258 e. The van der Waals surface area contributed by atoms with Gasteiger partial charge in [-0.3, -0.25) is 4.79 Å². The molecular formula is C26H29ClN6O3. The van der Waals surface area contributed by atoms with E-state index < -0.39 is 0 Å². The Balaban J connectivity index is 1.38. The van der Waals surface area contributed by atoms with Gasteiger partial charge in [0.05, 0.1) is 30.6 Å². The summed E-state index contributed by atoms with van der Waals surface area (Å²) in [6.45, 7) is 5.96. The summed E-state index contributed by atoms with van der Waals surface area (Å²) in [5.74, 6) is 1.45. The summed E-state index contributed by atoms with van der Waals surface area (Å²) in [4.78, 5) is 27.9. The molecule has 0 unspecified atom stereocenters. The Morgan fingerprint density at radius 1 is 1.08 bits per heavy atom. The number of benzene rings is 2. The molecule has 0 bridgehead atoms. The number of hydrogen-bond acceptors (Lipinski definition) is 8. The molecule has 0 spiro atoms. The maximum Gasteiger partial charge on any atom is 0.258 e. The lowest BCUT2D eigenvalue weighted by molar-refractivity contribution is 0.0782. The van der Waals surface area contributed by atoms with E-state index in [0.29, 0.717) is 23.0 Å². The fourth-order valence-electron chi connectivity index (χ4n) is 4.52. The van der Waals surface area contributed by atoms with Gasteiger partial charge in [0, 0.05) is 45.0 Å². The van der Waals surface area contributed by atoms with Crippen LogP contribution in [0.4, 0.5) is 17.3 Å². The van der Waals surface area contributed by atoms with Crippen molar-refractivity contribution in [1.82, 2.24) is 19.8 Å². The van der Waals surface area contributed by atoms with Gasteiger partial charge < -0.3 is 29.5 Å². The lowest BCUT2D eigenvalue weighted by Crippen LogP contribution is -2.44. The number of nitrogens with zero attached hydrogens (tertiary/aromatic N) is 5. The number of methoxy groups -OCH3 is 1. The van der Waals surface area contributed by atoms with Gasteiger partial charge in [0.25, 0.3) is 5.91 Å². The number of ether oxygens (including phenoxy) is 2. The first-order chi connectivity index (χ1) is 17.4. The predicted molar refractivity (Wildman–Crippen MR) is 140 cm³/mol. The van der Waals surface area contributed by atoms with Crippen molar-refractivity contribution in [3.63, 3.8) is 0 Å². The number of piperazine rings is 1. The molecule has 10 heteroatoms. The summed E-state index contributed by atoms with van der Waals surface area (Å²) in [6.07, 6.45) is 1.47. The van der Waals surface area contributed by atoms with Crippen LogP contribution in [0.25, 0.3) is 0 Å². The van der Waals surface area contributed by atoms with Gasteiger partial charge in [-0.15, -0.1) is 0 Å². The summed E-state index contributed by atoms with van der Waals surface area (Å²) < 4.78 is 11.7. The second kappa shape index (κ2) is 9.83. The Kier molecular flexibility index (Phi) is 6.59. The van der Waals surface area contributed by atoms with Crippen molar-refractivity contribution in [3.05, 3.63) is 58.7 Å². The number of hydrogen-bond donors (Lipinski definition) is 1. The molecule has 2 aliphatic rings. The number of anilines is 3. The van der Waals surface area contributed by atoms with E-state index in [2.05, 4.69) is 38.2 Å². The highest BCUT2D eigenvalue weighted by molar-refractivity contribution is 6.31. The van der Waals surface area contributed by atoms with E-state index in [9.17, 15) is 4.79 Å². The highest BCUT2D eigenvalue weighted by Gasteiger charge is 2.34. The SMILES string of the molecule is COc1cc(N2CCN(C)CC2)ccc1Nc1ncc(Cl)c(Oc2cccc3c2C(=O)N(C)[C@H]3C)n1. The molecule has 1 amide bonds. The van der Waals surface area contributed by atoms with Crippen LogP contribution in [0.3, 0.4) is 0 Å². The number of fused-ring (bicyclic) bond motifs is 1. The van der Waals surface area contributed by atoms with Gasteiger partial charge in [0.15, 0.2) is 0 Å². The second-order valence-corrected chi connectivity index (χ2v) is 9.47. The highest BCUT2D eigenvalue weighted by Crippen LogP contribution is 2.40. The van der Waals surface area contributed by atoms with E-state index in [4.69, 9.17) is 21.1 Å². The number of aromatic nitrogens is 2. The van der Waals surface area contributed by atoms with Crippen molar-refractivity contribution < 1.29 is 14.3 Å². The zero-order valence-electron chi connectivity index (χ0n) is 20.8. The maximum atomic E-state index is 12.8. The third-order valence-corrected chi connectivity index (χ3v) is 7.10. The van der Waals surface area contributed by atoms with E-state index in [1.54, 1.807) is 25.1 Å². The van der Waals surface area contributed by atoms with Crippen LogP contribution in [0.2, 0.25) is 5.02 Å². The van der Waals surface area contributed by atoms with Crippen LogP contribution in [-0.4, -0.2) is 73.1 Å². The van der Waals surface area contributed by atoms with Crippen LogP contribution in [-0.2, 0) is 0 Å². The fourth-order valence-corrected chi connectivity index (χ4v) is 4.65. The van der Waals surface area contributed by atoms with Crippen molar-refractivity contribution in [3.8, 4) is 17.4 Å². The first-order valence-electron chi connectivity index (χ1n) is 11.8. The summed E-state index contributed by atoms with van der Waals surface area (Å²) in [5.41, 5.74) is 3.26. The largest absolute Gasteiger partial charge is 0.494 e. The Labute approximate surface area is 215 Å². The molecule has 3 aromatic rings. The van der Waals surface area contributed by atoms with Crippen LogP contribution >= 0.6 is 11.6 Å². The summed E-state index contributed by atoms with van der Waals surface area (Å²) in [7, 11) is 5.55. The van der Waals surface area contributed by atoms with Crippen LogP contribution in [0.1, 0.15) is 28.9 Å². The minimum Gasteiger partial charge on any atom is -0.494 e. The zero-order valence-corrected chi connectivity index (χ0v) is 21.5. The van der Waals surface area contributed by atoms with Crippen molar-refractivity contribution in [2.75, 3.05) is 57.6 Å². The molecule has 0 aliphatic carbocycles. The lowest BCUT2D eigenvalue weighted by Gasteiger charge is -2.34. The average molecular weight is 509 g/mol. The third kappa shape index (κ3) is 4.52. The van der Waals surface area contributed by atoms with Gasteiger partial charge in [-0.25, -0.2) is 4.98 Å². The number of amides is 1. The molecule has 2 aromatic carbocycles. The van der Waals surface area contributed by atoms with E-state index >= 15 is 0 Å². The molecule has 0 radical (unpaired) electrons. The Morgan fingerprint density at radius 2 is 1.86 bits per heavy atom. The lowest BCUT2D eigenvalue weighted by atomic mass is 10.1. The molecule has 9 nitrogen and oxygen atoms in total. The van der Waals surface area contributed by atoms with Crippen LogP contribution in [0.15, 0.2) is 42.6 Å². The van der Waals surface area contributed by atoms with E-state index in [1.165, 1.54) is 6.20 Å². The van der Waals surface area contributed by atoms with Crippen molar-refractivity contribution >= 4 is 34.8 Å². The molecular weight excluding hydrogens is 480 g/mol. The molecule has 36 heavy (non-hydrogen) atoms. The Bertz CT molecular complexity index is 1290. The minimum atomic E-state index is -0.0956. The molecule has 0 saturated carbocycles. The van der Waals surface area contributed by atoms with Crippen LogP contribution in [0.5, 0.6) is 17.4 Å². The molecule has 1 aromatic heterocycles. The number of nitrogens with one attached hydrogen (secondary N) is 1. The van der Waals surface area contributed by atoms with Crippen LogP contribution in [0, 0.1) is 0 Å². The van der Waals surface area contributed by atoms with Gasteiger partial charge >= 0.3 is 0 Å². The van der Waals surface area contributed by atoms with Gasteiger partial charge in [-0.1, -0.05) is 23.7 Å². The average Bonchev–Trinajstić information content (AvgIpc) is 3.11. The standard InChI is InChI=1S/C26H29ClN6O3/c1-16-18-6-5-7-21(23(18)25(34)32(16)3)36-24-19(27)15-28-26(30-24)29-20-9-8-17(14-22(20)35-4)33-12-10-31(2)11-13-33/h5-9,14-16H,10-13H2,1-4H3,(H,28,29,30)/t16-/m0/s1. The summed E-state index contributed by atoms with van der Waals surface area (Å²) in [6, 6.07) is 11.5. The van der Waals surface area contributed by atoms with Crippen molar-refractivity contribution in [2.45, 2.75) is 13.0 Å². The third-order valence-electron chi connectivity index (χ3n) is 6.84. The molecule has 5 rings (SSSR count). The first-order valence-corrected chi connectivity index (χ1v) is 12.2. The van der Waals surface area contributed by atoms with E-state index in [-0.39, 0.29) is 22.9 Å². The molecule has 3 heterocycles. The van der Waals surface area contributed by atoms with E-state index in [1.807, 2.05) is 31.2 Å². The first kappa shape index (κ1) is 24.1. The quantitative estimate of drug-likeness (QED) is 0.518. The number of carbonyl (C=O) groups is 1. The van der Waals surface area contributed by atoms with Gasteiger partial charge in [0.2, 0.25) is 11.8 Å². The molecule has 1 fully saturated rings. The number of rotatable bonds is 6. The molecule has 2 aliphatic heterocycles. The predicted octanol–water partition coefficient (Wildman–Crippen LogP) is 4.57. The van der Waals surface area contributed by atoms with Crippen molar-refractivity contribution in [2.24, 2.45) is 0 Å². The highest BCUT2D eigenvalue weighted by atomic mass is 35.5. The van der Waals surface area contributed by atoms with E-state index in [0.717, 1.165) is 43.1 Å². The fraction of sp³-hybridized carbons (Fsp3) is 0.346. The minimum absolute atomic E-state index is 0.0320. The zero-order chi connectivity index (χ0) is 25.4. The topological polar surface area (TPSA) is 83.1 Å². The molecule has 1 N–H and O–H groups in total. The number of likely N-dealkylation sites (N-methyl/N-ethyl adjacent to an activating group) is 1. The van der Waals surface area contributed by atoms with Crippen LogP contribution < -0.4 is 19.7 Å². The van der Waals surface area contributed by atoms with Gasteiger partial charge in [-0.05, 0) is 37.7 Å². The number of halogens is 1. The summed E-state index contributed by atoms with van der Waals surface area (Å²) in [5, 5.41) is 3.44. The van der Waals surface area contributed by atoms with Gasteiger partial charge in [0.1, 0.15) is 16.5 Å². The Hall–Kier alpha value is -3.56. The normalized spacial score (nSPS) is 17.8. The van der Waals surface area contributed by atoms with Gasteiger partial charge in [-0.2, -0.15) is 4.98 Å². The number of carbonyl (C=O) groups excluding carboxylic acids is 1. The Morgan fingerprint density at radius 3 is 2.61 bits per heavy atom. The second-order valence-electron chi connectivity index (χ2n) is 9.06. The monoisotopic (exact) mass is 508 g/mol. The maximum absolute atomic E-state index is 12.8. The molecule has 188 valence electrons. The molecule has 1 saturated heterocycles. The van der Waals surface area contributed by atoms with Crippen molar-refractivity contribution in [1.29, 1.82) is 0 Å².